The first kappa shape index (κ1) is 11.7. The van der Waals surface area contributed by atoms with Crippen LogP contribution in [0.15, 0.2) is 18.2 Å². The Morgan fingerprint density at radius 2 is 1.94 bits per heavy atom. The van der Waals surface area contributed by atoms with E-state index < -0.39 is 0 Å². The van der Waals surface area contributed by atoms with Gasteiger partial charge in [0.15, 0.2) is 0 Å². The summed E-state index contributed by atoms with van der Waals surface area (Å²) >= 11 is 0. The van der Waals surface area contributed by atoms with E-state index in [1.807, 2.05) is 30.0 Å². The number of nitrogens with zero attached hydrogens (tertiary/aromatic N) is 1. The maximum Gasteiger partial charge on any atom is 0.253 e. The number of amides is 1. The van der Waals surface area contributed by atoms with Crippen LogP contribution in [0.4, 0.5) is 0 Å². The molecule has 0 aromatic heterocycles. The molecule has 0 N–H and O–H groups in total. The highest BCUT2D eigenvalue weighted by Crippen LogP contribution is 2.15. The first-order chi connectivity index (χ1) is 8.20. The summed E-state index contributed by atoms with van der Waals surface area (Å²) in [5.41, 5.74) is 2.55. The van der Waals surface area contributed by atoms with Crippen LogP contribution in [0.5, 0.6) is 0 Å². The Labute approximate surface area is 103 Å². The number of aryl methyl sites for hydroxylation is 1. The number of hydrogen-bond acceptors (Lipinski definition) is 1. The molecule has 1 aromatic carbocycles. The van der Waals surface area contributed by atoms with Gasteiger partial charge >= 0.3 is 0 Å². The molecule has 1 aliphatic rings. The van der Waals surface area contributed by atoms with Gasteiger partial charge in [0.25, 0.3) is 5.91 Å². The van der Waals surface area contributed by atoms with E-state index >= 15 is 0 Å². The molecule has 1 heterocycles. The van der Waals surface area contributed by atoms with Crippen molar-refractivity contribution >= 4 is 5.91 Å². The highest BCUT2D eigenvalue weighted by Gasteiger charge is 2.18. The number of carbonyl (C=O) groups excluding carboxylic acids is 1. The van der Waals surface area contributed by atoms with Crippen molar-refractivity contribution in [3.63, 3.8) is 0 Å². The van der Waals surface area contributed by atoms with E-state index in [1.165, 1.54) is 6.42 Å². The van der Waals surface area contributed by atoms with Gasteiger partial charge in [-0.25, -0.2) is 0 Å². The minimum atomic E-state index is 0.116. The summed E-state index contributed by atoms with van der Waals surface area (Å²) in [6.45, 7) is 3.71. The Kier molecular flexibility index (Phi) is 3.49. The highest BCUT2D eigenvalue weighted by atomic mass is 16.2. The van der Waals surface area contributed by atoms with Crippen LogP contribution in [0, 0.1) is 19.3 Å². The monoisotopic (exact) mass is 227 g/mol. The zero-order chi connectivity index (χ0) is 12.3. The van der Waals surface area contributed by atoms with E-state index in [2.05, 4.69) is 5.92 Å². The van der Waals surface area contributed by atoms with E-state index in [4.69, 9.17) is 6.42 Å². The first-order valence-corrected chi connectivity index (χ1v) is 6.08. The van der Waals surface area contributed by atoms with Crippen molar-refractivity contribution in [3.05, 3.63) is 34.9 Å². The molecular formula is C15H17NO. The van der Waals surface area contributed by atoms with Gasteiger partial charge in [-0.3, -0.25) is 4.79 Å². The molecule has 1 fully saturated rings. The number of hydrogen-bond donors (Lipinski definition) is 0. The second kappa shape index (κ2) is 5.05. The summed E-state index contributed by atoms with van der Waals surface area (Å²) in [6.07, 6.45) is 8.84. The van der Waals surface area contributed by atoms with Crippen LogP contribution >= 0.6 is 0 Å². The second-order valence-corrected chi connectivity index (χ2v) is 4.58. The van der Waals surface area contributed by atoms with Gasteiger partial charge in [-0.05, 0) is 49.9 Å². The van der Waals surface area contributed by atoms with Gasteiger partial charge in [0.2, 0.25) is 0 Å². The first-order valence-electron chi connectivity index (χ1n) is 6.08. The average molecular weight is 227 g/mol. The van der Waals surface area contributed by atoms with Crippen molar-refractivity contribution in [2.45, 2.75) is 26.2 Å². The minimum Gasteiger partial charge on any atom is -0.339 e. The molecule has 0 spiro atoms. The molecule has 2 nitrogen and oxygen atoms in total. The molecule has 2 heteroatoms. The SMILES string of the molecule is C#Cc1cc(C)cc(C(=O)N2CCCCC2)c1. The fraction of sp³-hybridized carbons (Fsp3) is 0.400. The Bertz CT molecular complexity index is 464. The van der Waals surface area contributed by atoms with Crippen molar-refractivity contribution in [2.75, 3.05) is 13.1 Å². The molecule has 0 bridgehead atoms. The zero-order valence-electron chi connectivity index (χ0n) is 10.2. The van der Waals surface area contributed by atoms with Gasteiger partial charge in [0.1, 0.15) is 0 Å². The van der Waals surface area contributed by atoms with Gasteiger partial charge in [-0.1, -0.05) is 5.92 Å². The number of piperidine rings is 1. The van der Waals surface area contributed by atoms with Crippen LogP contribution in [0.2, 0.25) is 0 Å². The van der Waals surface area contributed by atoms with Gasteiger partial charge < -0.3 is 4.90 Å². The van der Waals surface area contributed by atoms with Gasteiger partial charge in [0.05, 0.1) is 0 Å². The topological polar surface area (TPSA) is 20.3 Å². The summed E-state index contributed by atoms with van der Waals surface area (Å²) in [7, 11) is 0. The normalized spacial score (nSPS) is 15.4. The number of terminal acetylenes is 1. The zero-order valence-corrected chi connectivity index (χ0v) is 10.2. The van der Waals surface area contributed by atoms with Crippen LogP contribution in [0.25, 0.3) is 0 Å². The van der Waals surface area contributed by atoms with E-state index in [9.17, 15) is 4.79 Å². The lowest BCUT2D eigenvalue weighted by Gasteiger charge is -2.26. The molecule has 1 aliphatic heterocycles. The lowest BCUT2D eigenvalue weighted by atomic mass is 10.0. The number of likely N-dealkylation sites (tertiary alicyclic amines) is 1. The molecule has 0 unspecified atom stereocenters. The second-order valence-electron chi connectivity index (χ2n) is 4.58. The van der Waals surface area contributed by atoms with Crippen molar-refractivity contribution in [3.8, 4) is 12.3 Å². The molecule has 0 aliphatic carbocycles. The Morgan fingerprint density at radius 3 is 2.59 bits per heavy atom. The van der Waals surface area contributed by atoms with Crippen molar-refractivity contribution < 1.29 is 4.79 Å². The predicted molar refractivity (Wildman–Crippen MR) is 68.9 cm³/mol. The Hall–Kier alpha value is -1.75. The number of carbonyl (C=O) groups is 1. The number of rotatable bonds is 1. The van der Waals surface area contributed by atoms with Crippen molar-refractivity contribution in [1.82, 2.24) is 4.90 Å². The lowest BCUT2D eigenvalue weighted by molar-refractivity contribution is 0.0724. The average Bonchev–Trinajstić information content (AvgIpc) is 2.38. The highest BCUT2D eigenvalue weighted by molar-refractivity contribution is 5.94. The molecule has 0 atom stereocenters. The van der Waals surface area contributed by atoms with Crippen molar-refractivity contribution in [1.29, 1.82) is 0 Å². The largest absolute Gasteiger partial charge is 0.339 e. The van der Waals surface area contributed by atoms with Gasteiger partial charge in [0, 0.05) is 24.2 Å². The lowest BCUT2D eigenvalue weighted by Crippen LogP contribution is -2.35. The maximum atomic E-state index is 12.3. The molecule has 2 rings (SSSR count). The molecule has 88 valence electrons. The summed E-state index contributed by atoms with van der Waals surface area (Å²) in [5, 5.41) is 0. The molecular weight excluding hydrogens is 210 g/mol. The molecule has 0 saturated carbocycles. The quantitative estimate of drug-likeness (QED) is 0.675. The van der Waals surface area contributed by atoms with Crippen LogP contribution in [-0.4, -0.2) is 23.9 Å². The molecule has 17 heavy (non-hydrogen) atoms. The minimum absolute atomic E-state index is 0.116. The van der Waals surface area contributed by atoms with E-state index in [1.54, 1.807) is 0 Å². The summed E-state index contributed by atoms with van der Waals surface area (Å²) in [4.78, 5) is 14.2. The summed E-state index contributed by atoms with van der Waals surface area (Å²) in [6, 6.07) is 5.65. The van der Waals surface area contributed by atoms with Crippen LogP contribution in [0.3, 0.4) is 0 Å². The predicted octanol–water partition coefficient (Wildman–Crippen LogP) is 2.60. The fourth-order valence-electron chi connectivity index (χ4n) is 2.27. The smallest absolute Gasteiger partial charge is 0.253 e. The molecule has 1 saturated heterocycles. The fourth-order valence-corrected chi connectivity index (χ4v) is 2.27. The summed E-state index contributed by atoms with van der Waals surface area (Å²) in [5.74, 6) is 2.71. The van der Waals surface area contributed by atoms with Crippen LogP contribution in [0.1, 0.15) is 40.7 Å². The molecule has 0 radical (unpaired) electrons. The molecule has 1 amide bonds. The van der Waals surface area contributed by atoms with E-state index in [-0.39, 0.29) is 5.91 Å². The van der Waals surface area contributed by atoms with E-state index in [0.717, 1.165) is 42.6 Å². The number of benzene rings is 1. The van der Waals surface area contributed by atoms with Gasteiger partial charge in [-0.2, -0.15) is 0 Å². The third-order valence-electron chi connectivity index (χ3n) is 3.13. The third-order valence-corrected chi connectivity index (χ3v) is 3.13. The Morgan fingerprint density at radius 1 is 1.24 bits per heavy atom. The van der Waals surface area contributed by atoms with Crippen LogP contribution in [-0.2, 0) is 0 Å². The van der Waals surface area contributed by atoms with Gasteiger partial charge in [-0.15, -0.1) is 6.42 Å². The van der Waals surface area contributed by atoms with Crippen LogP contribution < -0.4 is 0 Å². The summed E-state index contributed by atoms with van der Waals surface area (Å²) < 4.78 is 0. The Balaban J connectivity index is 2.24. The standard InChI is InChI=1S/C15H17NO/c1-3-13-9-12(2)10-14(11-13)15(17)16-7-5-4-6-8-16/h1,9-11H,4-8H2,2H3. The third kappa shape index (κ3) is 2.68. The van der Waals surface area contributed by atoms with E-state index in [0.29, 0.717) is 0 Å². The van der Waals surface area contributed by atoms with Crippen molar-refractivity contribution in [2.24, 2.45) is 0 Å². The molecule has 1 aromatic rings. The maximum absolute atomic E-state index is 12.3.